The third kappa shape index (κ3) is 2.86. The van der Waals surface area contributed by atoms with E-state index in [2.05, 4.69) is 0 Å². The van der Waals surface area contributed by atoms with E-state index < -0.39 is 5.97 Å². The Hall–Kier alpha value is -1.80. The monoisotopic (exact) mass is 246 g/mol. The molecule has 0 aliphatic carbocycles. The Morgan fingerprint density at radius 3 is 2.47 bits per heavy atom. The summed E-state index contributed by atoms with van der Waals surface area (Å²) >= 11 is 5.96. The quantitative estimate of drug-likeness (QED) is 0.898. The van der Waals surface area contributed by atoms with Gasteiger partial charge in [-0.3, -0.25) is 4.79 Å². The molecule has 0 aliphatic rings. The van der Waals surface area contributed by atoms with Crippen LogP contribution in [0.5, 0.6) is 0 Å². The minimum Gasteiger partial charge on any atom is -0.481 e. The van der Waals surface area contributed by atoms with Crippen molar-refractivity contribution in [1.29, 1.82) is 0 Å². The summed E-state index contributed by atoms with van der Waals surface area (Å²) in [6, 6.07) is 14.9. The van der Waals surface area contributed by atoms with Crippen molar-refractivity contribution in [3.63, 3.8) is 0 Å². The van der Waals surface area contributed by atoms with E-state index in [1.54, 1.807) is 18.2 Å². The second kappa shape index (κ2) is 5.02. The molecule has 0 aliphatic heterocycles. The van der Waals surface area contributed by atoms with Crippen molar-refractivity contribution in [2.45, 2.75) is 6.42 Å². The third-order valence-electron chi connectivity index (χ3n) is 2.50. The van der Waals surface area contributed by atoms with Gasteiger partial charge in [0.1, 0.15) is 0 Å². The SMILES string of the molecule is O=C(O)Cc1ccc(Cl)cc1-c1ccccc1. The summed E-state index contributed by atoms with van der Waals surface area (Å²) in [7, 11) is 0. The lowest BCUT2D eigenvalue weighted by molar-refractivity contribution is -0.136. The smallest absolute Gasteiger partial charge is 0.307 e. The molecule has 0 bridgehead atoms. The molecule has 3 heteroatoms. The standard InChI is InChI=1S/C14H11ClO2/c15-12-7-6-11(8-14(16)17)13(9-12)10-4-2-1-3-5-10/h1-7,9H,8H2,(H,16,17). The Morgan fingerprint density at radius 1 is 1.12 bits per heavy atom. The molecule has 0 fully saturated rings. The summed E-state index contributed by atoms with van der Waals surface area (Å²) in [5.74, 6) is -0.843. The summed E-state index contributed by atoms with van der Waals surface area (Å²) < 4.78 is 0. The van der Waals surface area contributed by atoms with Gasteiger partial charge in [0.25, 0.3) is 0 Å². The van der Waals surface area contributed by atoms with Crippen LogP contribution in [0.4, 0.5) is 0 Å². The van der Waals surface area contributed by atoms with Crippen molar-refractivity contribution in [3.05, 3.63) is 59.1 Å². The highest BCUT2D eigenvalue weighted by Crippen LogP contribution is 2.27. The molecule has 1 N–H and O–H groups in total. The number of carboxylic acids is 1. The summed E-state index contributed by atoms with van der Waals surface area (Å²) in [5, 5.41) is 9.48. The zero-order chi connectivity index (χ0) is 12.3. The first-order valence-electron chi connectivity index (χ1n) is 5.22. The molecule has 0 spiro atoms. The lowest BCUT2D eigenvalue weighted by atomic mass is 9.98. The summed E-state index contributed by atoms with van der Waals surface area (Å²) in [4.78, 5) is 10.8. The highest BCUT2D eigenvalue weighted by atomic mass is 35.5. The Balaban J connectivity index is 2.51. The maximum atomic E-state index is 10.8. The predicted molar refractivity (Wildman–Crippen MR) is 68.2 cm³/mol. The van der Waals surface area contributed by atoms with Crippen LogP contribution < -0.4 is 0 Å². The lowest BCUT2D eigenvalue weighted by Gasteiger charge is -2.08. The van der Waals surface area contributed by atoms with E-state index in [9.17, 15) is 4.79 Å². The van der Waals surface area contributed by atoms with Gasteiger partial charge >= 0.3 is 5.97 Å². The van der Waals surface area contributed by atoms with Crippen molar-refractivity contribution in [2.24, 2.45) is 0 Å². The molecular weight excluding hydrogens is 236 g/mol. The molecule has 17 heavy (non-hydrogen) atoms. The zero-order valence-electron chi connectivity index (χ0n) is 9.06. The number of aliphatic carboxylic acids is 1. The summed E-state index contributed by atoms with van der Waals surface area (Å²) in [6.07, 6.45) is 0.00139. The first-order valence-corrected chi connectivity index (χ1v) is 5.60. The molecule has 0 amide bonds. The van der Waals surface area contributed by atoms with E-state index >= 15 is 0 Å². The van der Waals surface area contributed by atoms with E-state index in [0.29, 0.717) is 5.02 Å². The van der Waals surface area contributed by atoms with Gasteiger partial charge in [-0.1, -0.05) is 48.0 Å². The maximum Gasteiger partial charge on any atom is 0.307 e. The van der Waals surface area contributed by atoms with E-state index in [4.69, 9.17) is 16.7 Å². The van der Waals surface area contributed by atoms with Crippen LogP contribution in [0, 0.1) is 0 Å². The van der Waals surface area contributed by atoms with Gasteiger partial charge in [-0.15, -0.1) is 0 Å². The van der Waals surface area contributed by atoms with Gasteiger partial charge in [0.05, 0.1) is 6.42 Å². The van der Waals surface area contributed by atoms with Crippen LogP contribution >= 0.6 is 11.6 Å². The number of hydrogen-bond acceptors (Lipinski definition) is 1. The van der Waals surface area contributed by atoms with Crippen molar-refractivity contribution >= 4 is 17.6 Å². The molecule has 2 nitrogen and oxygen atoms in total. The van der Waals surface area contributed by atoms with Gasteiger partial charge < -0.3 is 5.11 Å². The summed E-state index contributed by atoms with van der Waals surface area (Å²) in [5.41, 5.74) is 2.62. The molecule has 0 atom stereocenters. The highest BCUT2D eigenvalue weighted by molar-refractivity contribution is 6.30. The highest BCUT2D eigenvalue weighted by Gasteiger charge is 2.09. The van der Waals surface area contributed by atoms with E-state index in [-0.39, 0.29) is 6.42 Å². The third-order valence-corrected chi connectivity index (χ3v) is 2.73. The van der Waals surface area contributed by atoms with Gasteiger partial charge in [0, 0.05) is 5.02 Å². The number of carboxylic acid groups (broad SMARTS) is 1. The Labute approximate surface area is 104 Å². The predicted octanol–water partition coefficient (Wildman–Crippen LogP) is 3.63. The van der Waals surface area contributed by atoms with Crippen molar-refractivity contribution in [1.82, 2.24) is 0 Å². The number of halogens is 1. The minimum atomic E-state index is -0.843. The second-order valence-electron chi connectivity index (χ2n) is 3.74. The lowest BCUT2D eigenvalue weighted by Crippen LogP contribution is -2.01. The molecule has 2 aromatic carbocycles. The molecule has 86 valence electrons. The Morgan fingerprint density at radius 2 is 1.82 bits per heavy atom. The Bertz CT molecular complexity index is 535. The van der Waals surface area contributed by atoms with Crippen LogP contribution in [0.1, 0.15) is 5.56 Å². The average molecular weight is 247 g/mol. The fraction of sp³-hybridized carbons (Fsp3) is 0.0714. The molecular formula is C14H11ClO2. The Kier molecular flexibility index (Phi) is 3.45. The van der Waals surface area contributed by atoms with Crippen molar-refractivity contribution < 1.29 is 9.90 Å². The summed E-state index contributed by atoms with van der Waals surface area (Å²) in [6.45, 7) is 0. The molecule has 0 saturated heterocycles. The van der Waals surface area contributed by atoms with Gasteiger partial charge in [0.2, 0.25) is 0 Å². The van der Waals surface area contributed by atoms with Crippen LogP contribution in [-0.2, 0) is 11.2 Å². The normalized spacial score (nSPS) is 10.2. The largest absolute Gasteiger partial charge is 0.481 e. The second-order valence-corrected chi connectivity index (χ2v) is 4.17. The van der Waals surface area contributed by atoms with E-state index in [1.807, 2.05) is 30.3 Å². The van der Waals surface area contributed by atoms with Crippen LogP contribution in [0.25, 0.3) is 11.1 Å². The molecule has 0 aromatic heterocycles. The van der Waals surface area contributed by atoms with Crippen LogP contribution in [0.2, 0.25) is 5.02 Å². The minimum absolute atomic E-state index is 0.00139. The number of benzene rings is 2. The van der Waals surface area contributed by atoms with E-state index in [0.717, 1.165) is 16.7 Å². The molecule has 0 heterocycles. The molecule has 2 rings (SSSR count). The van der Waals surface area contributed by atoms with Gasteiger partial charge in [-0.25, -0.2) is 0 Å². The van der Waals surface area contributed by atoms with Crippen LogP contribution in [-0.4, -0.2) is 11.1 Å². The maximum absolute atomic E-state index is 10.8. The molecule has 2 aromatic rings. The fourth-order valence-electron chi connectivity index (χ4n) is 1.75. The van der Waals surface area contributed by atoms with Crippen LogP contribution in [0.15, 0.2) is 48.5 Å². The molecule has 0 unspecified atom stereocenters. The fourth-order valence-corrected chi connectivity index (χ4v) is 1.92. The first kappa shape index (κ1) is 11.7. The van der Waals surface area contributed by atoms with Crippen LogP contribution in [0.3, 0.4) is 0 Å². The first-order chi connectivity index (χ1) is 8.16. The topological polar surface area (TPSA) is 37.3 Å². The average Bonchev–Trinajstić information content (AvgIpc) is 2.32. The molecule has 0 radical (unpaired) electrons. The number of rotatable bonds is 3. The van der Waals surface area contributed by atoms with E-state index in [1.165, 1.54) is 0 Å². The van der Waals surface area contributed by atoms with Crippen molar-refractivity contribution in [2.75, 3.05) is 0 Å². The van der Waals surface area contributed by atoms with Gasteiger partial charge in [-0.05, 0) is 28.8 Å². The molecule has 0 saturated carbocycles. The zero-order valence-corrected chi connectivity index (χ0v) is 9.82. The van der Waals surface area contributed by atoms with Crippen molar-refractivity contribution in [3.8, 4) is 11.1 Å². The van der Waals surface area contributed by atoms with Gasteiger partial charge in [-0.2, -0.15) is 0 Å². The number of carbonyl (C=O) groups is 1. The number of hydrogen-bond donors (Lipinski definition) is 1. The van der Waals surface area contributed by atoms with Gasteiger partial charge in [0.15, 0.2) is 0 Å².